The van der Waals surface area contributed by atoms with Crippen LogP contribution in [0, 0.1) is 11.3 Å². The number of hydrogen-bond acceptors (Lipinski definition) is 2. The first-order valence-electron chi connectivity index (χ1n) is 2.96. The zero-order chi connectivity index (χ0) is 7.98. The summed E-state index contributed by atoms with van der Waals surface area (Å²) < 4.78 is 0. The zero-order valence-electron chi connectivity index (χ0n) is 6.26. The number of allylic oxidation sites excluding steroid dienone is 3. The Kier molecular flexibility index (Phi) is 3.90. The largest absolute Gasteiger partial charge is 0.246 e. The lowest BCUT2D eigenvalue weighted by molar-refractivity contribution is 1.36. The summed E-state index contributed by atoms with van der Waals surface area (Å²) in [6.07, 6.45) is 3.22. The van der Waals surface area contributed by atoms with Crippen LogP contribution in [0.3, 0.4) is 0 Å². The van der Waals surface area contributed by atoms with Crippen LogP contribution in [0.25, 0.3) is 0 Å². The van der Waals surface area contributed by atoms with E-state index in [0.29, 0.717) is 5.70 Å². The molecule has 0 fully saturated rings. The van der Waals surface area contributed by atoms with E-state index in [9.17, 15) is 0 Å². The first-order valence-corrected chi connectivity index (χ1v) is 2.96. The fraction of sp³-hybridized carbons (Fsp3) is 0.250. The molecule has 0 aromatic heterocycles. The van der Waals surface area contributed by atoms with Gasteiger partial charge in [-0.3, -0.25) is 0 Å². The van der Waals surface area contributed by atoms with Crippen LogP contribution < -0.4 is 0 Å². The van der Waals surface area contributed by atoms with Crippen LogP contribution in [0.4, 0.5) is 0 Å². The van der Waals surface area contributed by atoms with Crippen molar-refractivity contribution >= 4 is 6.21 Å². The molecule has 0 amide bonds. The van der Waals surface area contributed by atoms with Crippen LogP contribution in [0.1, 0.15) is 13.8 Å². The van der Waals surface area contributed by atoms with Gasteiger partial charge in [0.2, 0.25) is 0 Å². The summed E-state index contributed by atoms with van der Waals surface area (Å²) in [6.45, 7) is 7.21. The van der Waals surface area contributed by atoms with Gasteiger partial charge in [-0.1, -0.05) is 12.7 Å². The second kappa shape index (κ2) is 4.51. The standard InChI is InChI=1S/C8H10N2/c1-4-8(5-9)10-6-7(2)3/h4,6H,2H2,1,3H3/b8-4-,10-6-. The molecule has 0 spiro atoms. The SMILES string of the molecule is C=C(C)/C=N\C(C#N)=C/C. The average Bonchev–Trinajstić information content (AvgIpc) is 1.90. The van der Waals surface area contributed by atoms with Gasteiger partial charge in [0.25, 0.3) is 0 Å². The van der Waals surface area contributed by atoms with E-state index < -0.39 is 0 Å². The van der Waals surface area contributed by atoms with Gasteiger partial charge in [-0.25, -0.2) is 4.99 Å². The van der Waals surface area contributed by atoms with Crippen molar-refractivity contribution in [2.75, 3.05) is 0 Å². The third-order valence-electron chi connectivity index (χ3n) is 0.812. The van der Waals surface area contributed by atoms with Crippen molar-refractivity contribution in [1.29, 1.82) is 5.26 Å². The van der Waals surface area contributed by atoms with Gasteiger partial charge in [0, 0.05) is 6.21 Å². The van der Waals surface area contributed by atoms with E-state index in [2.05, 4.69) is 11.6 Å². The zero-order valence-corrected chi connectivity index (χ0v) is 6.26. The van der Waals surface area contributed by atoms with Crippen molar-refractivity contribution in [1.82, 2.24) is 0 Å². The summed E-state index contributed by atoms with van der Waals surface area (Å²) >= 11 is 0. The Bertz CT molecular complexity index is 216. The molecule has 0 aliphatic carbocycles. The molecule has 0 bridgehead atoms. The van der Waals surface area contributed by atoms with Crippen LogP contribution in [0.15, 0.2) is 28.9 Å². The van der Waals surface area contributed by atoms with E-state index in [1.165, 1.54) is 0 Å². The Morgan fingerprint density at radius 3 is 2.60 bits per heavy atom. The average molecular weight is 134 g/mol. The fourth-order valence-electron chi connectivity index (χ4n) is 0.348. The molecular weight excluding hydrogens is 124 g/mol. The molecule has 0 aromatic rings. The highest BCUT2D eigenvalue weighted by Crippen LogP contribution is 1.93. The lowest BCUT2D eigenvalue weighted by Gasteiger charge is -1.84. The summed E-state index contributed by atoms with van der Waals surface area (Å²) in [5.41, 5.74) is 1.26. The van der Waals surface area contributed by atoms with E-state index in [-0.39, 0.29) is 0 Å². The summed E-state index contributed by atoms with van der Waals surface area (Å²) in [5, 5.41) is 8.38. The number of rotatable bonds is 2. The molecule has 0 heterocycles. The number of nitriles is 1. The minimum Gasteiger partial charge on any atom is -0.246 e. The van der Waals surface area contributed by atoms with Crippen LogP contribution >= 0.6 is 0 Å². The summed E-state index contributed by atoms with van der Waals surface area (Å²) in [7, 11) is 0. The maximum absolute atomic E-state index is 8.38. The molecule has 2 heteroatoms. The van der Waals surface area contributed by atoms with Crippen LogP contribution in [0.2, 0.25) is 0 Å². The maximum Gasteiger partial charge on any atom is 0.136 e. The van der Waals surface area contributed by atoms with Gasteiger partial charge in [-0.2, -0.15) is 5.26 Å². The minimum absolute atomic E-state index is 0.419. The third-order valence-corrected chi connectivity index (χ3v) is 0.812. The first kappa shape index (κ1) is 8.64. The molecule has 0 saturated heterocycles. The Balaban J connectivity index is 4.16. The van der Waals surface area contributed by atoms with Gasteiger partial charge < -0.3 is 0 Å². The molecule has 0 N–H and O–H groups in total. The van der Waals surface area contributed by atoms with Crippen LogP contribution in [-0.2, 0) is 0 Å². The highest BCUT2D eigenvalue weighted by molar-refractivity contribution is 5.77. The maximum atomic E-state index is 8.38. The van der Waals surface area contributed by atoms with Gasteiger partial charge in [0.1, 0.15) is 11.8 Å². The van der Waals surface area contributed by atoms with Crippen molar-refractivity contribution in [3.8, 4) is 6.07 Å². The molecule has 2 nitrogen and oxygen atoms in total. The van der Waals surface area contributed by atoms with Crippen molar-refractivity contribution < 1.29 is 0 Å². The summed E-state index contributed by atoms with van der Waals surface area (Å²) in [5.74, 6) is 0. The molecule has 0 aliphatic heterocycles. The molecule has 0 saturated carbocycles. The molecule has 0 aliphatic rings. The number of hydrogen-bond donors (Lipinski definition) is 0. The van der Waals surface area contributed by atoms with Gasteiger partial charge in [0.15, 0.2) is 0 Å². The summed E-state index contributed by atoms with van der Waals surface area (Å²) in [4.78, 5) is 3.84. The number of nitrogens with zero attached hydrogens (tertiary/aromatic N) is 2. The van der Waals surface area contributed by atoms with Crippen molar-refractivity contribution in [2.45, 2.75) is 13.8 Å². The fourth-order valence-corrected chi connectivity index (χ4v) is 0.348. The Labute approximate surface area is 61.2 Å². The van der Waals surface area contributed by atoms with E-state index in [1.807, 2.05) is 13.0 Å². The van der Waals surface area contributed by atoms with Gasteiger partial charge in [0.05, 0.1) is 0 Å². The van der Waals surface area contributed by atoms with E-state index in [4.69, 9.17) is 5.26 Å². The second-order valence-corrected chi connectivity index (χ2v) is 1.89. The normalized spacial score (nSPS) is 11.5. The molecule has 0 radical (unpaired) electrons. The topological polar surface area (TPSA) is 36.1 Å². The van der Waals surface area contributed by atoms with Gasteiger partial charge in [-0.15, -0.1) is 0 Å². The van der Waals surface area contributed by atoms with Crippen molar-refractivity contribution in [3.63, 3.8) is 0 Å². The predicted molar refractivity (Wildman–Crippen MR) is 42.7 cm³/mol. The Hall–Kier alpha value is -1.36. The summed E-state index contributed by atoms with van der Waals surface area (Å²) in [6, 6.07) is 1.93. The minimum atomic E-state index is 0.419. The smallest absolute Gasteiger partial charge is 0.136 e. The lowest BCUT2D eigenvalue weighted by atomic mass is 10.4. The van der Waals surface area contributed by atoms with Crippen LogP contribution in [0.5, 0.6) is 0 Å². The van der Waals surface area contributed by atoms with E-state index in [0.717, 1.165) is 5.57 Å². The van der Waals surface area contributed by atoms with E-state index in [1.54, 1.807) is 19.2 Å². The molecule has 52 valence electrons. The predicted octanol–water partition coefficient (Wildman–Crippen LogP) is 2.06. The quantitative estimate of drug-likeness (QED) is 0.420. The molecule has 0 rings (SSSR count). The van der Waals surface area contributed by atoms with Gasteiger partial charge in [-0.05, 0) is 19.4 Å². The Morgan fingerprint density at radius 1 is 1.70 bits per heavy atom. The van der Waals surface area contributed by atoms with Crippen molar-refractivity contribution in [3.05, 3.63) is 23.9 Å². The molecule has 0 atom stereocenters. The van der Waals surface area contributed by atoms with Crippen LogP contribution in [-0.4, -0.2) is 6.21 Å². The Morgan fingerprint density at radius 2 is 2.30 bits per heavy atom. The van der Waals surface area contributed by atoms with Gasteiger partial charge >= 0.3 is 0 Å². The molecular formula is C8H10N2. The first-order chi connectivity index (χ1) is 4.70. The highest BCUT2D eigenvalue weighted by Gasteiger charge is 1.83. The monoisotopic (exact) mass is 134 g/mol. The van der Waals surface area contributed by atoms with E-state index >= 15 is 0 Å². The third kappa shape index (κ3) is 3.62. The molecule has 0 unspecified atom stereocenters. The second-order valence-electron chi connectivity index (χ2n) is 1.89. The highest BCUT2D eigenvalue weighted by atomic mass is 14.7. The lowest BCUT2D eigenvalue weighted by Crippen LogP contribution is -1.76. The number of aliphatic imine (C=N–C) groups is 1. The molecule has 0 aromatic carbocycles. The molecule has 10 heavy (non-hydrogen) atoms. The van der Waals surface area contributed by atoms with Crippen molar-refractivity contribution in [2.24, 2.45) is 4.99 Å².